The van der Waals surface area contributed by atoms with E-state index < -0.39 is 0 Å². The van der Waals surface area contributed by atoms with Crippen LogP contribution in [0.3, 0.4) is 0 Å². The molecule has 0 aliphatic rings. The monoisotopic (exact) mass is 180 g/mol. The molecule has 0 saturated heterocycles. The highest BCUT2D eigenvalue weighted by molar-refractivity contribution is 5.29. The highest BCUT2D eigenvalue weighted by Crippen LogP contribution is 2.09. The van der Waals surface area contributed by atoms with Crippen molar-refractivity contribution >= 4 is 0 Å². The Kier molecular flexibility index (Phi) is 6.25. The summed E-state index contributed by atoms with van der Waals surface area (Å²) in [6.07, 6.45) is 0.765. The molecule has 1 rings (SSSR count). The average molecular weight is 180 g/mol. The summed E-state index contributed by atoms with van der Waals surface area (Å²) < 4.78 is 0. The number of hydrogen-bond donors (Lipinski definition) is 1. The minimum Gasteiger partial charge on any atom is -0.396 e. The maximum atomic E-state index is 8.68. The zero-order valence-corrected chi connectivity index (χ0v) is 9.09. The summed E-state index contributed by atoms with van der Waals surface area (Å²) in [6, 6.07) is 6.30. The number of aryl methyl sites for hydroxylation is 2. The Hall–Kier alpha value is -0.820. The number of aliphatic hydroxyl groups excluding tert-OH is 1. The highest BCUT2D eigenvalue weighted by Gasteiger charge is 1.94. The van der Waals surface area contributed by atoms with Crippen LogP contribution in [0.4, 0.5) is 0 Å². The van der Waals surface area contributed by atoms with Gasteiger partial charge < -0.3 is 5.11 Å². The summed E-state index contributed by atoms with van der Waals surface area (Å²) in [5.74, 6) is 0. The van der Waals surface area contributed by atoms with E-state index in [4.69, 9.17) is 5.11 Å². The first-order chi connectivity index (χ1) is 6.24. The van der Waals surface area contributed by atoms with E-state index in [-0.39, 0.29) is 6.61 Å². The predicted molar refractivity (Wildman–Crippen MR) is 58.1 cm³/mol. The normalized spacial score (nSPS) is 9.00. The van der Waals surface area contributed by atoms with Crippen LogP contribution in [-0.2, 0) is 6.42 Å². The third kappa shape index (κ3) is 4.09. The third-order valence-electron chi connectivity index (χ3n) is 1.97. The van der Waals surface area contributed by atoms with E-state index in [1.165, 1.54) is 16.7 Å². The van der Waals surface area contributed by atoms with Crippen LogP contribution < -0.4 is 0 Å². The second-order valence-electron chi connectivity index (χ2n) is 2.89. The van der Waals surface area contributed by atoms with E-state index in [9.17, 15) is 0 Å². The summed E-state index contributed by atoms with van der Waals surface area (Å²) in [7, 11) is 0. The number of aliphatic hydroxyl groups is 1. The lowest BCUT2D eigenvalue weighted by Gasteiger charge is -2.02. The van der Waals surface area contributed by atoms with Crippen molar-refractivity contribution in [3.05, 3.63) is 34.9 Å². The van der Waals surface area contributed by atoms with Gasteiger partial charge in [-0.25, -0.2) is 0 Å². The molecule has 0 saturated carbocycles. The van der Waals surface area contributed by atoms with Gasteiger partial charge in [-0.1, -0.05) is 32.0 Å². The van der Waals surface area contributed by atoms with Crippen molar-refractivity contribution in [3.63, 3.8) is 0 Å². The Balaban J connectivity index is 0.000000671. The zero-order chi connectivity index (χ0) is 10.3. The number of rotatable bonds is 2. The summed E-state index contributed by atoms with van der Waals surface area (Å²) in [6.45, 7) is 8.43. The van der Waals surface area contributed by atoms with Crippen LogP contribution in [0.1, 0.15) is 30.5 Å². The maximum Gasteiger partial charge on any atom is 0.0471 e. The molecule has 0 aromatic heterocycles. The van der Waals surface area contributed by atoms with Crippen LogP contribution in [-0.4, -0.2) is 11.7 Å². The van der Waals surface area contributed by atoms with Gasteiger partial charge in [0.2, 0.25) is 0 Å². The smallest absolute Gasteiger partial charge is 0.0471 e. The molecule has 0 unspecified atom stereocenters. The lowest BCUT2D eigenvalue weighted by Crippen LogP contribution is -1.91. The fourth-order valence-corrected chi connectivity index (χ4v) is 1.09. The zero-order valence-electron chi connectivity index (χ0n) is 9.09. The minimum atomic E-state index is 0.239. The second-order valence-corrected chi connectivity index (χ2v) is 2.89. The fourth-order valence-electron chi connectivity index (χ4n) is 1.09. The summed E-state index contributed by atoms with van der Waals surface area (Å²) in [4.78, 5) is 0. The van der Waals surface area contributed by atoms with Crippen molar-refractivity contribution in [2.75, 3.05) is 6.61 Å². The predicted octanol–water partition coefficient (Wildman–Crippen LogP) is 2.86. The van der Waals surface area contributed by atoms with Gasteiger partial charge in [-0.3, -0.25) is 0 Å². The van der Waals surface area contributed by atoms with Crippen molar-refractivity contribution in [1.29, 1.82) is 0 Å². The first-order valence-corrected chi connectivity index (χ1v) is 4.91. The van der Waals surface area contributed by atoms with Gasteiger partial charge in [-0.2, -0.15) is 0 Å². The standard InChI is InChI=1S/C10H14O.C2H6/c1-8-3-4-10(5-6-11)7-9(8)2;1-2/h3-4,7,11H,5-6H2,1-2H3;1-2H3. The fraction of sp³-hybridized carbons (Fsp3) is 0.500. The molecule has 1 nitrogen and oxygen atoms in total. The molecule has 0 atom stereocenters. The quantitative estimate of drug-likeness (QED) is 0.742. The molecule has 0 fully saturated rings. The van der Waals surface area contributed by atoms with E-state index >= 15 is 0 Å². The van der Waals surface area contributed by atoms with Crippen LogP contribution >= 0.6 is 0 Å². The Morgan fingerprint density at radius 3 is 2.15 bits per heavy atom. The molecule has 0 aliphatic heterocycles. The maximum absolute atomic E-state index is 8.68. The lowest BCUT2D eigenvalue weighted by atomic mass is 10.0. The van der Waals surface area contributed by atoms with E-state index in [2.05, 4.69) is 32.0 Å². The molecular weight excluding hydrogens is 160 g/mol. The first kappa shape index (κ1) is 12.2. The van der Waals surface area contributed by atoms with Gasteiger partial charge >= 0.3 is 0 Å². The Morgan fingerprint density at radius 1 is 1.08 bits per heavy atom. The molecule has 0 heterocycles. The second kappa shape index (κ2) is 6.67. The van der Waals surface area contributed by atoms with Gasteiger partial charge in [0, 0.05) is 6.61 Å². The van der Waals surface area contributed by atoms with Crippen molar-refractivity contribution in [3.8, 4) is 0 Å². The highest BCUT2D eigenvalue weighted by atomic mass is 16.2. The number of hydrogen-bond acceptors (Lipinski definition) is 1. The SMILES string of the molecule is CC.Cc1ccc(CCO)cc1C. The third-order valence-corrected chi connectivity index (χ3v) is 1.97. The van der Waals surface area contributed by atoms with Gasteiger partial charge in [-0.05, 0) is 37.0 Å². The van der Waals surface area contributed by atoms with Crippen molar-refractivity contribution in [2.45, 2.75) is 34.1 Å². The molecular formula is C12H20O. The average Bonchev–Trinajstić information content (AvgIpc) is 2.15. The van der Waals surface area contributed by atoms with Gasteiger partial charge in [-0.15, -0.1) is 0 Å². The Morgan fingerprint density at radius 2 is 1.69 bits per heavy atom. The summed E-state index contributed by atoms with van der Waals surface area (Å²) >= 11 is 0. The molecule has 0 radical (unpaired) electrons. The van der Waals surface area contributed by atoms with E-state index in [1.807, 2.05) is 13.8 Å². The van der Waals surface area contributed by atoms with Crippen molar-refractivity contribution in [2.24, 2.45) is 0 Å². The molecule has 0 bridgehead atoms. The molecule has 1 N–H and O–H groups in total. The largest absolute Gasteiger partial charge is 0.396 e. The topological polar surface area (TPSA) is 20.2 Å². The summed E-state index contributed by atoms with van der Waals surface area (Å²) in [5.41, 5.74) is 3.83. The van der Waals surface area contributed by atoms with Crippen LogP contribution in [0.2, 0.25) is 0 Å². The van der Waals surface area contributed by atoms with Gasteiger partial charge in [0.1, 0.15) is 0 Å². The van der Waals surface area contributed by atoms with Crippen LogP contribution in [0, 0.1) is 13.8 Å². The summed E-state index contributed by atoms with van der Waals surface area (Å²) in [5, 5.41) is 8.68. The molecule has 1 heteroatoms. The molecule has 0 spiro atoms. The van der Waals surface area contributed by atoms with Gasteiger partial charge in [0.05, 0.1) is 0 Å². The van der Waals surface area contributed by atoms with Crippen LogP contribution in [0.25, 0.3) is 0 Å². The van der Waals surface area contributed by atoms with E-state index in [1.54, 1.807) is 0 Å². The Labute approximate surface area is 81.4 Å². The molecule has 13 heavy (non-hydrogen) atoms. The molecule has 74 valence electrons. The molecule has 0 aliphatic carbocycles. The van der Waals surface area contributed by atoms with Crippen molar-refractivity contribution in [1.82, 2.24) is 0 Å². The molecule has 0 amide bonds. The first-order valence-electron chi connectivity index (χ1n) is 4.91. The molecule has 1 aromatic rings. The van der Waals surface area contributed by atoms with Crippen LogP contribution in [0.15, 0.2) is 18.2 Å². The Bertz CT molecular complexity index is 241. The lowest BCUT2D eigenvalue weighted by molar-refractivity contribution is 0.299. The minimum absolute atomic E-state index is 0.239. The van der Waals surface area contributed by atoms with Gasteiger partial charge in [0.15, 0.2) is 0 Å². The van der Waals surface area contributed by atoms with E-state index in [0.29, 0.717) is 0 Å². The number of benzene rings is 1. The van der Waals surface area contributed by atoms with E-state index in [0.717, 1.165) is 6.42 Å². The van der Waals surface area contributed by atoms with Crippen LogP contribution in [0.5, 0.6) is 0 Å². The molecule has 1 aromatic carbocycles. The van der Waals surface area contributed by atoms with Gasteiger partial charge in [0.25, 0.3) is 0 Å². The van der Waals surface area contributed by atoms with Crippen molar-refractivity contribution < 1.29 is 5.11 Å².